The van der Waals surface area contributed by atoms with Gasteiger partial charge in [-0.3, -0.25) is 9.48 Å². The number of benzene rings is 1. The lowest BCUT2D eigenvalue weighted by Crippen LogP contribution is -2.27. The Bertz CT molecular complexity index is 749. The van der Waals surface area contributed by atoms with Crippen molar-refractivity contribution in [1.82, 2.24) is 9.36 Å². The number of hydrogen-bond donors (Lipinski definition) is 0. The predicted octanol–water partition coefficient (Wildman–Crippen LogP) is 3.86. The molecule has 0 atom stereocenters. The van der Waals surface area contributed by atoms with E-state index in [9.17, 15) is 9.18 Å². The van der Waals surface area contributed by atoms with Crippen LogP contribution in [0.4, 0.5) is 4.39 Å². The molecule has 106 valence electrons. The first kappa shape index (κ1) is 13.7. The second-order valence-corrected chi connectivity index (χ2v) is 5.77. The van der Waals surface area contributed by atoms with E-state index in [1.807, 2.05) is 0 Å². The fourth-order valence-electron chi connectivity index (χ4n) is 2.60. The van der Waals surface area contributed by atoms with Crippen molar-refractivity contribution < 1.29 is 4.39 Å². The average molecular weight is 315 g/mol. The molecule has 1 aromatic heterocycles. The highest BCUT2D eigenvalue weighted by molar-refractivity contribution is 6.32. The quantitative estimate of drug-likeness (QED) is 0.785. The zero-order chi connectivity index (χ0) is 14.4. The zero-order valence-corrected chi connectivity index (χ0v) is 12.4. The van der Waals surface area contributed by atoms with E-state index >= 15 is 0 Å². The first-order valence-corrected chi connectivity index (χ1v) is 7.21. The van der Waals surface area contributed by atoms with Gasteiger partial charge in [-0.25, -0.2) is 9.07 Å². The van der Waals surface area contributed by atoms with E-state index in [2.05, 4.69) is 0 Å². The minimum atomic E-state index is -0.525. The largest absolute Gasteiger partial charge is 0.276 e. The summed E-state index contributed by atoms with van der Waals surface area (Å²) < 4.78 is 17.5. The minimum Gasteiger partial charge on any atom is -0.271 e. The van der Waals surface area contributed by atoms with E-state index in [4.69, 9.17) is 23.2 Å². The van der Waals surface area contributed by atoms with Crippen molar-refractivity contribution in [3.63, 3.8) is 0 Å². The van der Waals surface area contributed by atoms with Gasteiger partial charge >= 0.3 is 0 Å². The van der Waals surface area contributed by atoms with E-state index < -0.39 is 5.82 Å². The van der Waals surface area contributed by atoms with E-state index in [-0.39, 0.29) is 16.7 Å². The van der Waals surface area contributed by atoms with Crippen molar-refractivity contribution in [2.45, 2.75) is 32.9 Å². The van der Waals surface area contributed by atoms with E-state index in [1.165, 1.54) is 6.07 Å². The van der Waals surface area contributed by atoms with Gasteiger partial charge in [0.05, 0.1) is 5.56 Å². The average Bonchev–Trinajstić information content (AvgIpc) is 2.68. The molecule has 0 saturated heterocycles. The molecule has 0 saturated carbocycles. The van der Waals surface area contributed by atoms with Gasteiger partial charge in [-0.2, -0.15) is 0 Å². The third-order valence-electron chi connectivity index (χ3n) is 3.68. The summed E-state index contributed by atoms with van der Waals surface area (Å²) in [4.78, 5) is 12.4. The summed E-state index contributed by atoms with van der Waals surface area (Å²) in [6, 6.07) is 2.80. The fraction of sp³-hybridized carbons (Fsp3) is 0.357. The van der Waals surface area contributed by atoms with Crippen molar-refractivity contribution in [1.29, 1.82) is 0 Å². The molecular weight excluding hydrogens is 302 g/mol. The molecule has 2 aromatic rings. The maximum absolute atomic E-state index is 14.1. The summed E-state index contributed by atoms with van der Waals surface area (Å²) in [5.41, 5.74) is 0.921. The van der Waals surface area contributed by atoms with Crippen LogP contribution in [0, 0.1) is 12.7 Å². The molecular formula is C14H13Cl2FN2O. The van der Waals surface area contributed by atoms with Crippen LogP contribution >= 0.6 is 23.2 Å². The van der Waals surface area contributed by atoms with E-state index in [0.29, 0.717) is 28.8 Å². The number of halogens is 3. The third kappa shape index (κ3) is 1.98. The Morgan fingerprint density at radius 3 is 2.45 bits per heavy atom. The van der Waals surface area contributed by atoms with Gasteiger partial charge in [0.2, 0.25) is 0 Å². The Morgan fingerprint density at radius 1 is 1.15 bits per heavy atom. The summed E-state index contributed by atoms with van der Waals surface area (Å²) >= 11 is 12.2. The highest BCUT2D eigenvalue weighted by Gasteiger charge is 2.24. The number of nitrogens with zero attached hydrogens (tertiary/aromatic N) is 2. The SMILES string of the molecule is Cc1cc(-c2c(Cl)n3n(c2=O)CCCC3)c(F)cc1Cl. The van der Waals surface area contributed by atoms with Gasteiger partial charge < -0.3 is 0 Å². The van der Waals surface area contributed by atoms with Crippen LogP contribution in [0.2, 0.25) is 10.2 Å². The fourth-order valence-corrected chi connectivity index (χ4v) is 3.11. The van der Waals surface area contributed by atoms with Crippen molar-refractivity contribution in [2.75, 3.05) is 0 Å². The molecule has 3 rings (SSSR count). The van der Waals surface area contributed by atoms with Gasteiger partial charge in [-0.15, -0.1) is 0 Å². The Balaban J connectivity index is 2.28. The molecule has 0 radical (unpaired) electrons. The van der Waals surface area contributed by atoms with Crippen LogP contribution in [0.1, 0.15) is 18.4 Å². The van der Waals surface area contributed by atoms with E-state index in [0.717, 1.165) is 12.8 Å². The molecule has 1 aliphatic rings. The van der Waals surface area contributed by atoms with Crippen molar-refractivity contribution in [3.05, 3.63) is 44.0 Å². The summed E-state index contributed by atoms with van der Waals surface area (Å²) in [5, 5.41) is 0.641. The van der Waals surface area contributed by atoms with Crippen LogP contribution in [0.25, 0.3) is 11.1 Å². The molecule has 1 aromatic carbocycles. The molecule has 0 spiro atoms. The first-order chi connectivity index (χ1) is 9.50. The molecule has 1 aliphatic heterocycles. The van der Waals surface area contributed by atoms with Crippen LogP contribution in [-0.4, -0.2) is 9.36 Å². The number of aromatic nitrogens is 2. The molecule has 6 heteroatoms. The van der Waals surface area contributed by atoms with Crippen LogP contribution < -0.4 is 5.56 Å². The summed E-state index contributed by atoms with van der Waals surface area (Å²) in [6.45, 7) is 3.07. The standard InChI is InChI=1S/C14H13Cl2FN2O/c1-8-6-9(11(17)7-10(8)15)12-13(16)18-4-2-3-5-19(18)14(12)20/h6-7H,2-5H2,1H3. The monoisotopic (exact) mass is 314 g/mol. The Kier molecular flexibility index (Phi) is 3.38. The van der Waals surface area contributed by atoms with Crippen LogP contribution in [0.3, 0.4) is 0 Å². The van der Waals surface area contributed by atoms with Gasteiger partial charge in [0.25, 0.3) is 5.56 Å². The first-order valence-electron chi connectivity index (χ1n) is 6.46. The van der Waals surface area contributed by atoms with Crippen LogP contribution in [-0.2, 0) is 13.1 Å². The second-order valence-electron chi connectivity index (χ2n) is 5.01. The zero-order valence-electron chi connectivity index (χ0n) is 10.9. The van der Waals surface area contributed by atoms with Crippen LogP contribution in [0.5, 0.6) is 0 Å². The number of rotatable bonds is 1. The van der Waals surface area contributed by atoms with Crippen molar-refractivity contribution in [2.24, 2.45) is 0 Å². The molecule has 0 amide bonds. The Labute approximate surface area is 125 Å². The van der Waals surface area contributed by atoms with Crippen molar-refractivity contribution >= 4 is 23.2 Å². The molecule has 0 aliphatic carbocycles. The molecule has 0 N–H and O–H groups in total. The highest BCUT2D eigenvalue weighted by Crippen LogP contribution is 2.32. The minimum absolute atomic E-state index is 0.219. The van der Waals surface area contributed by atoms with Crippen molar-refractivity contribution in [3.8, 4) is 11.1 Å². The predicted molar refractivity (Wildman–Crippen MR) is 78.1 cm³/mol. The highest BCUT2D eigenvalue weighted by atomic mass is 35.5. The number of fused-ring (bicyclic) bond motifs is 1. The smallest absolute Gasteiger partial charge is 0.271 e. The lowest BCUT2D eigenvalue weighted by atomic mass is 10.1. The van der Waals surface area contributed by atoms with Gasteiger partial charge in [0, 0.05) is 23.7 Å². The van der Waals surface area contributed by atoms with E-state index in [1.54, 1.807) is 22.4 Å². The van der Waals surface area contributed by atoms with Gasteiger partial charge in [0.1, 0.15) is 11.0 Å². The lowest BCUT2D eigenvalue weighted by molar-refractivity contribution is 0.356. The normalized spacial score (nSPS) is 14.4. The van der Waals surface area contributed by atoms with Gasteiger partial charge in [-0.1, -0.05) is 23.2 Å². The van der Waals surface area contributed by atoms with Gasteiger partial charge in [-0.05, 0) is 37.5 Å². The van der Waals surface area contributed by atoms with Crippen LogP contribution in [0.15, 0.2) is 16.9 Å². The summed E-state index contributed by atoms with van der Waals surface area (Å²) in [6.07, 6.45) is 1.90. The lowest BCUT2D eigenvalue weighted by Gasteiger charge is -2.17. The number of aryl methyl sites for hydroxylation is 1. The van der Waals surface area contributed by atoms with Gasteiger partial charge in [0.15, 0.2) is 0 Å². The molecule has 20 heavy (non-hydrogen) atoms. The Hall–Kier alpha value is -1.26. The summed E-state index contributed by atoms with van der Waals surface area (Å²) in [5.74, 6) is -0.525. The Morgan fingerprint density at radius 2 is 1.80 bits per heavy atom. The molecule has 0 bridgehead atoms. The third-order valence-corrected chi connectivity index (χ3v) is 4.47. The maximum Gasteiger partial charge on any atom is 0.276 e. The second kappa shape index (κ2) is 4.93. The topological polar surface area (TPSA) is 26.9 Å². The molecule has 2 heterocycles. The molecule has 0 fully saturated rings. The number of hydrogen-bond acceptors (Lipinski definition) is 1. The molecule has 0 unspecified atom stereocenters. The summed E-state index contributed by atoms with van der Waals surface area (Å²) in [7, 11) is 0. The molecule has 3 nitrogen and oxygen atoms in total. The maximum atomic E-state index is 14.1.